The number of fused-ring (bicyclic) bond motifs is 1. The molecule has 2 aromatic carbocycles. The van der Waals surface area contributed by atoms with Gasteiger partial charge in [0.2, 0.25) is 0 Å². The number of anilines is 1. The van der Waals surface area contributed by atoms with Gasteiger partial charge in [0.1, 0.15) is 0 Å². The second-order valence-corrected chi connectivity index (χ2v) is 5.50. The molecular formula is C18H19NO2. The highest BCUT2D eigenvalue weighted by Gasteiger charge is 2.30. The van der Waals surface area contributed by atoms with Gasteiger partial charge < -0.3 is 9.64 Å². The summed E-state index contributed by atoms with van der Waals surface area (Å²) in [6, 6.07) is 16.3. The lowest BCUT2D eigenvalue weighted by atomic mass is 9.97. The number of rotatable bonds is 3. The summed E-state index contributed by atoms with van der Waals surface area (Å²) in [5.74, 6) is 0.0827. The number of methoxy groups -OCH3 is 1. The van der Waals surface area contributed by atoms with E-state index in [-0.39, 0.29) is 5.97 Å². The van der Waals surface area contributed by atoms with Crippen LogP contribution in [-0.2, 0) is 11.3 Å². The topological polar surface area (TPSA) is 29.5 Å². The Morgan fingerprint density at radius 3 is 2.67 bits per heavy atom. The monoisotopic (exact) mass is 281 g/mol. The minimum Gasteiger partial charge on any atom is -0.465 e. The van der Waals surface area contributed by atoms with Crippen LogP contribution in [0.2, 0.25) is 0 Å². The molecule has 0 saturated heterocycles. The molecule has 0 fully saturated rings. The van der Waals surface area contributed by atoms with Gasteiger partial charge in [0.05, 0.1) is 12.7 Å². The molecule has 0 aromatic heterocycles. The van der Waals surface area contributed by atoms with Crippen LogP contribution in [0.5, 0.6) is 0 Å². The van der Waals surface area contributed by atoms with E-state index in [4.69, 9.17) is 4.74 Å². The van der Waals surface area contributed by atoms with Crippen molar-refractivity contribution in [1.82, 2.24) is 0 Å². The third-order valence-corrected chi connectivity index (χ3v) is 4.03. The smallest absolute Gasteiger partial charge is 0.338 e. The molecule has 108 valence electrons. The van der Waals surface area contributed by atoms with Crippen LogP contribution >= 0.6 is 0 Å². The first kappa shape index (κ1) is 13.7. The lowest BCUT2D eigenvalue weighted by Crippen LogP contribution is -2.20. The van der Waals surface area contributed by atoms with Crippen LogP contribution in [0.4, 0.5) is 5.69 Å². The molecule has 0 amide bonds. The Labute approximate surface area is 125 Å². The second kappa shape index (κ2) is 5.60. The van der Waals surface area contributed by atoms with Crippen LogP contribution in [0.25, 0.3) is 0 Å². The van der Waals surface area contributed by atoms with Gasteiger partial charge in [-0.2, -0.15) is 0 Å². The summed E-state index contributed by atoms with van der Waals surface area (Å²) in [5, 5.41) is 0. The Morgan fingerprint density at radius 2 is 1.95 bits per heavy atom. The third-order valence-electron chi connectivity index (χ3n) is 4.03. The van der Waals surface area contributed by atoms with Crippen molar-refractivity contribution in [3.8, 4) is 0 Å². The fraction of sp³-hybridized carbons (Fsp3) is 0.278. The average Bonchev–Trinajstić information content (AvgIpc) is 2.84. The summed E-state index contributed by atoms with van der Waals surface area (Å²) >= 11 is 0. The van der Waals surface area contributed by atoms with E-state index >= 15 is 0 Å². The van der Waals surface area contributed by atoms with E-state index in [1.807, 2.05) is 18.2 Å². The number of esters is 1. The Morgan fingerprint density at radius 1 is 1.19 bits per heavy atom. The van der Waals surface area contributed by atoms with Crippen LogP contribution in [0.3, 0.4) is 0 Å². The molecule has 21 heavy (non-hydrogen) atoms. The van der Waals surface area contributed by atoms with Crippen molar-refractivity contribution in [3.05, 3.63) is 65.2 Å². The van der Waals surface area contributed by atoms with E-state index < -0.39 is 0 Å². The summed E-state index contributed by atoms with van der Waals surface area (Å²) in [4.78, 5) is 14.3. The molecule has 1 atom stereocenters. The Hall–Kier alpha value is -2.29. The van der Waals surface area contributed by atoms with Gasteiger partial charge in [-0.1, -0.05) is 43.3 Å². The summed E-state index contributed by atoms with van der Waals surface area (Å²) in [6.07, 6.45) is 0. The largest absolute Gasteiger partial charge is 0.465 e. The molecule has 1 heterocycles. The molecule has 3 nitrogen and oxygen atoms in total. The first-order chi connectivity index (χ1) is 10.2. The molecule has 0 aliphatic carbocycles. The van der Waals surface area contributed by atoms with Crippen molar-refractivity contribution < 1.29 is 9.53 Å². The van der Waals surface area contributed by atoms with Gasteiger partial charge in [-0.15, -0.1) is 0 Å². The number of ether oxygens (including phenoxy) is 1. The van der Waals surface area contributed by atoms with Gasteiger partial charge in [0.15, 0.2) is 0 Å². The van der Waals surface area contributed by atoms with Crippen LogP contribution in [-0.4, -0.2) is 19.6 Å². The Kier molecular flexibility index (Phi) is 3.65. The van der Waals surface area contributed by atoms with Crippen molar-refractivity contribution in [1.29, 1.82) is 0 Å². The normalized spacial score (nSPS) is 16.7. The third kappa shape index (κ3) is 2.51. The Bertz CT molecular complexity index is 652. The van der Waals surface area contributed by atoms with Gasteiger partial charge in [0, 0.05) is 24.7 Å². The van der Waals surface area contributed by atoms with E-state index in [9.17, 15) is 4.79 Å². The first-order valence-corrected chi connectivity index (χ1v) is 7.21. The van der Waals surface area contributed by atoms with Crippen molar-refractivity contribution >= 4 is 11.7 Å². The van der Waals surface area contributed by atoms with Gasteiger partial charge in [-0.25, -0.2) is 4.79 Å². The van der Waals surface area contributed by atoms with Gasteiger partial charge in [-0.05, 0) is 23.3 Å². The molecule has 3 heteroatoms. The van der Waals surface area contributed by atoms with Crippen molar-refractivity contribution in [2.45, 2.75) is 19.4 Å². The van der Waals surface area contributed by atoms with E-state index in [1.165, 1.54) is 12.7 Å². The fourth-order valence-corrected chi connectivity index (χ4v) is 3.11. The van der Waals surface area contributed by atoms with E-state index in [0.717, 1.165) is 24.3 Å². The number of nitrogens with zero attached hydrogens (tertiary/aromatic N) is 1. The summed E-state index contributed by atoms with van der Waals surface area (Å²) in [5.41, 5.74) is 4.23. The SMILES string of the molecule is COC(=O)c1cccc2c1C(C)CN2Cc1ccccc1. The maximum absolute atomic E-state index is 11.9. The summed E-state index contributed by atoms with van der Waals surface area (Å²) in [7, 11) is 1.43. The van der Waals surface area contributed by atoms with Crippen molar-refractivity contribution in [3.63, 3.8) is 0 Å². The molecule has 1 unspecified atom stereocenters. The van der Waals surface area contributed by atoms with Gasteiger partial charge in [-0.3, -0.25) is 0 Å². The first-order valence-electron chi connectivity index (χ1n) is 7.21. The molecular weight excluding hydrogens is 262 g/mol. The minimum atomic E-state index is -0.250. The zero-order chi connectivity index (χ0) is 14.8. The molecule has 1 aliphatic rings. The lowest BCUT2D eigenvalue weighted by molar-refractivity contribution is 0.0599. The van der Waals surface area contributed by atoms with E-state index in [0.29, 0.717) is 11.5 Å². The number of hydrogen-bond acceptors (Lipinski definition) is 3. The molecule has 0 saturated carbocycles. The zero-order valence-electron chi connectivity index (χ0n) is 12.4. The summed E-state index contributed by atoms with van der Waals surface area (Å²) in [6.45, 7) is 3.96. The molecule has 0 spiro atoms. The van der Waals surface area contributed by atoms with Crippen LogP contribution < -0.4 is 4.90 Å². The maximum Gasteiger partial charge on any atom is 0.338 e. The molecule has 3 rings (SSSR count). The standard InChI is InChI=1S/C18H19NO2/c1-13-11-19(12-14-7-4-3-5-8-14)16-10-6-9-15(17(13)16)18(20)21-2/h3-10,13H,11-12H2,1-2H3. The van der Waals surface area contributed by atoms with Gasteiger partial charge in [0.25, 0.3) is 0 Å². The highest BCUT2D eigenvalue weighted by Crippen LogP contribution is 2.39. The maximum atomic E-state index is 11.9. The zero-order valence-corrected chi connectivity index (χ0v) is 12.4. The fourth-order valence-electron chi connectivity index (χ4n) is 3.11. The van der Waals surface area contributed by atoms with Crippen LogP contribution in [0, 0.1) is 0 Å². The van der Waals surface area contributed by atoms with Crippen molar-refractivity contribution in [2.24, 2.45) is 0 Å². The lowest BCUT2D eigenvalue weighted by Gasteiger charge is -2.20. The number of benzene rings is 2. The highest BCUT2D eigenvalue weighted by atomic mass is 16.5. The number of hydrogen-bond donors (Lipinski definition) is 0. The van der Waals surface area contributed by atoms with Crippen molar-refractivity contribution in [2.75, 3.05) is 18.6 Å². The molecule has 1 aliphatic heterocycles. The highest BCUT2D eigenvalue weighted by molar-refractivity contribution is 5.93. The minimum absolute atomic E-state index is 0.250. The van der Waals surface area contributed by atoms with Crippen LogP contribution in [0.1, 0.15) is 34.3 Å². The Balaban J connectivity index is 1.95. The predicted molar refractivity (Wildman–Crippen MR) is 83.7 cm³/mol. The molecule has 0 radical (unpaired) electrons. The quantitative estimate of drug-likeness (QED) is 0.805. The molecule has 2 aromatic rings. The predicted octanol–water partition coefficient (Wildman–Crippen LogP) is 3.60. The number of carbonyl (C=O) groups excluding carboxylic acids is 1. The summed E-state index contributed by atoms with van der Waals surface area (Å²) < 4.78 is 4.91. The van der Waals surface area contributed by atoms with Crippen LogP contribution in [0.15, 0.2) is 48.5 Å². The van der Waals surface area contributed by atoms with Gasteiger partial charge >= 0.3 is 5.97 Å². The second-order valence-electron chi connectivity index (χ2n) is 5.50. The van der Waals surface area contributed by atoms with E-state index in [2.05, 4.69) is 42.2 Å². The average molecular weight is 281 g/mol. The molecule has 0 N–H and O–H groups in total. The number of carbonyl (C=O) groups is 1. The van der Waals surface area contributed by atoms with E-state index in [1.54, 1.807) is 0 Å². The molecule has 0 bridgehead atoms.